The maximum absolute atomic E-state index is 14.3. The third-order valence-electron chi connectivity index (χ3n) is 23.6. The number of Topliss-reactive ketones (excluding diaryl/α,β-unsaturated/α-hetero) is 4. The number of hydrogen-bond acceptors (Lipinski definition) is 17. The molecular formula is C61H79NO16S. The first-order valence-electron chi connectivity index (χ1n) is 29.2. The van der Waals surface area contributed by atoms with Gasteiger partial charge in [-0.25, -0.2) is 8.42 Å². The molecule has 0 amide bonds. The van der Waals surface area contributed by atoms with Crippen LogP contribution in [-0.4, -0.2) is 125 Å². The number of benzene rings is 1. The molecule has 4 aliphatic heterocycles. The number of nitrogens with two attached hydrogens (primary N) is 1. The molecule has 8 bridgehead atoms. The van der Waals surface area contributed by atoms with Crippen molar-refractivity contribution in [1.82, 2.24) is 0 Å². The zero-order valence-electron chi connectivity index (χ0n) is 46.0. The van der Waals surface area contributed by atoms with E-state index in [0.717, 1.165) is 12.8 Å². The van der Waals surface area contributed by atoms with Crippen LogP contribution >= 0.6 is 0 Å². The van der Waals surface area contributed by atoms with E-state index in [9.17, 15) is 57.6 Å². The molecule has 16 atom stereocenters. The fourth-order valence-corrected chi connectivity index (χ4v) is 21.6. The zero-order chi connectivity index (χ0) is 56.6. The van der Waals surface area contributed by atoms with Crippen LogP contribution in [0, 0.1) is 85.8 Å². The number of aliphatic hydroxyl groups is 4. The van der Waals surface area contributed by atoms with E-state index in [-0.39, 0.29) is 60.4 Å². The molecule has 430 valence electrons. The van der Waals surface area contributed by atoms with Crippen LogP contribution in [0.2, 0.25) is 0 Å². The Morgan fingerprint density at radius 1 is 0.633 bits per heavy atom. The number of fused-ring (bicyclic) bond motifs is 4. The number of esters is 2. The quantitative estimate of drug-likeness (QED) is 0.176. The molecule has 1 aromatic rings. The average molecular weight is 1110 g/mol. The van der Waals surface area contributed by atoms with E-state index in [1.165, 1.54) is 0 Å². The lowest BCUT2D eigenvalue weighted by molar-refractivity contribution is -0.437. The van der Waals surface area contributed by atoms with E-state index in [2.05, 4.69) is 13.2 Å². The van der Waals surface area contributed by atoms with Gasteiger partial charge in [0.05, 0.1) is 46.5 Å². The Balaban J connectivity index is 0.000000162. The fraction of sp³-hybridized carbons (Fsp3) is 0.738. The Labute approximate surface area is 462 Å². The summed E-state index contributed by atoms with van der Waals surface area (Å²) in [5.41, 5.74) is -0.211. The molecule has 4 saturated heterocycles. The Kier molecular flexibility index (Phi) is 12.8. The zero-order valence-corrected chi connectivity index (χ0v) is 46.8. The first-order valence-corrected chi connectivity index (χ1v) is 30.9. The van der Waals surface area contributed by atoms with Gasteiger partial charge in [0.25, 0.3) is 0 Å². The van der Waals surface area contributed by atoms with Gasteiger partial charge in [-0.1, -0.05) is 59.1 Å². The molecule has 4 spiro atoms. The highest BCUT2D eigenvalue weighted by molar-refractivity contribution is 7.91. The average Bonchev–Trinajstić information content (AvgIpc) is 3.76. The van der Waals surface area contributed by atoms with Gasteiger partial charge in [0.15, 0.2) is 21.4 Å². The van der Waals surface area contributed by atoms with Crippen LogP contribution in [0.4, 0.5) is 0 Å². The van der Waals surface area contributed by atoms with Crippen LogP contribution in [0.5, 0.6) is 0 Å². The van der Waals surface area contributed by atoms with Crippen molar-refractivity contribution in [3.63, 3.8) is 0 Å². The highest BCUT2D eigenvalue weighted by Crippen LogP contribution is 2.78. The second-order valence-electron chi connectivity index (χ2n) is 27.8. The van der Waals surface area contributed by atoms with Crippen molar-refractivity contribution >= 4 is 44.9 Å². The number of rotatable bonds is 7. The van der Waals surface area contributed by atoms with E-state index in [0.29, 0.717) is 93.9 Å². The smallest absolute Gasteiger partial charge is 0.309 e. The topological polar surface area (TPSA) is 280 Å². The lowest BCUT2D eigenvalue weighted by Gasteiger charge is -2.73. The van der Waals surface area contributed by atoms with E-state index in [4.69, 9.17) is 24.7 Å². The minimum Gasteiger partial charge on any atom is -0.460 e. The van der Waals surface area contributed by atoms with Gasteiger partial charge in [0.2, 0.25) is 11.6 Å². The molecule has 0 aromatic heterocycles. The van der Waals surface area contributed by atoms with E-state index in [1.54, 1.807) is 30.3 Å². The van der Waals surface area contributed by atoms with Gasteiger partial charge >= 0.3 is 11.9 Å². The number of hydrogen-bond donors (Lipinski definition) is 5. The first kappa shape index (κ1) is 55.5. The number of ether oxygens (including phenoxy) is 4. The summed E-state index contributed by atoms with van der Waals surface area (Å²) in [7, 11) is -3.45. The third-order valence-corrected chi connectivity index (χ3v) is 25.5. The Bertz CT molecular complexity index is 2920. The van der Waals surface area contributed by atoms with Crippen molar-refractivity contribution in [2.45, 2.75) is 177 Å². The van der Waals surface area contributed by atoms with Crippen LogP contribution in [0.15, 0.2) is 59.5 Å². The van der Waals surface area contributed by atoms with Crippen LogP contribution in [0.25, 0.3) is 0 Å². The number of ketones is 4. The summed E-state index contributed by atoms with van der Waals surface area (Å²) < 4.78 is 50.3. The van der Waals surface area contributed by atoms with Crippen molar-refractivity contribution < 1.29 is 76.6 Å². The molecule has 17 nitrogen and oxygen atoms in total. The van der Waals surface area contributed by atoms with Crippen molar-refractivity contribution in [1.29, 1.82) is 0 Å². The van der Waals surface area contributed by atoms with Crippen molar-refractivity contribution in [3.05, 3.63) is 54.6 Å². The number of sulfone groups is 1. The fourth-order valence-electron chi connectivity index (χ4n) is 19.9. The van der Waals surface area contributed by atoms with Gasteiger partial charge < -0.3 is 45.1 Å². The lowest BCUT2D eigenvalue weighted by Crippen LogP contribution is -2.85. The van der Waals surface area contributed by atoms with Gasteiger partial charge in [-0.05, 0) is 142 Å². The Morgan fingerprint density at radius 2 is 1.04 bits per heavy atom. The standard InChI is InChI=1S/C34H42O9S.C27H37NO7/c1-19-23-13-14-24-32-18-42-34(39,28(37)26(32)31(2,3)16-15-25(32)35)33(24,27(19)36)29(23)43-30(38)21-11-9-20(10-12-21)17-44(40,41)22-7-5-4-6-8-22;1-13-16-8-9-17-25-12-34-27(33,21(31)19(25)24(2,3)11-10-18(25)29)26(17,20(13)30)22(16)35-23(32)14-4-6-15(28)7-5-14/h4-8,20-21,23-24,26,28-29,37,39H,1,9-18H2,2-3H3;14-17,19,21-22,31,33H,1,4-12,28H2,2-3H3/t20?,21?,23-,24-,26+,28-,29+,32+,33-,34-;14?,15?,16-,17-,19+,21-,22+,25+,26-,27-/m00/s1. The summed E-state index contributed by atoms with van der Waals surface area (Å²) in [6.07, 6.45) is 3.31. The predicted octanol–water partition coefficient (Wildman–Crippen LogP) is 5.07. The maximum atomic E-state index is 14.3. The van der Waals surface area contributed by atoms with Gasteiger partial charge in [-0.3, -0.25) is 28.8 Å². The Morgan fingerprint density at radius 3 is 1.46 bits per heavy atom. The van der Waals surface area contributed by atoms with Crippen molar-refractivity contribution in [2.75, 3.05) is 19.0 Å². The first-order chi connectivity index (χ1) is 37.1. The summed E-state index contributed by atoms with van der Waals surface area (Å²) in [5.74, 6) is -10.8. The van der Waals surface area contributed by atoms with Crippen LogP contribution in [-0.2, 0) is 57.6 Å². The highest BCUT2D eigenvalue weighted by Gasteiger charge is 2.90. The molecule has 15 rings (SSSR count). The normalized spacial score (nSPS) is 47.7. The van der Waals surface area contributed by atoms with Crippen LogP contribution in [0.1, 0.15) is 130 Å². The van der Waals surface area contributed by atoms with Gasteiger partial charge in [0, 0.05) is 42.6 Å². The highest BCUT2D eigenvalue weighted by atomic mass is 32.2. The van der Waals surface area contributed by atoms with E-state index in [1.807, 2.05) is 27.7 Å². The summed E-state index contributed by atoms with van der Waals surface area (Å²) >= 11 is 0. The van der Waals surface area contributed by atoms with Crippen molar-refractivity contribution in [3.8, 4) is 0 Å². The molecule has 14 fully saturated rings. The molecule has 0 unspecified atom stereocenters. The minimum absolute atomic E-state index is 0.0124. The summed E-state index contributed by atoms with van der Waals surface area (Å²) in [5, 5.41) is 48.1. The van der Waals surface area contributed by atoms with Gasteiger partial charge in [-0.2, -0.15) is 0 Å². The SMILES string of the molecule is C=C1C(=O)[C@]23[C@H](OC(=O)C4CCC(CS(=O)(=O)c5ccccc5)CC4)[C@H]1CC[C@H]2[C@@]12CO[C@@]3(O)[C@@H](O)[C@@H]1C(C)(C)CCC2=O.C=C1C(=O)[C@]23[C@H](OC(=O)C4CCC(N)CC4)[C@H]1CC[C@H]2[C@@]12CO[C@@]3(O)[C@@H](O)[C@@H]1C(C)(C)CCC2=O. The monoisotopic (exact) mass is 1110 g/mol. The largest absolute Gasteiger partial charge is 0.460 e. The molecule has 14 aliphatic rings. The Hall–Kier alpha value is -4.01. The number of carbonyl (C=O) groups is 6. The van der Waals surface area contributed by atoms with Crippen molar-refractivity contribution in [2.24, 2.45) is 91.5 Å². The maximum Gasteiger partial charge on any atom is 0.309 e. The molecule has 79 heavy (non-hydrogen) atoms. The van der Waals surface area contributed by atoms with Gasteiger partial charge in [-0.15, -0.1) is 0 Å². The second-order valence-corrected chi connectivity index (χ2v) is 29.8. The molecule has 10 aliphatic carbocycles. The molecule has 4 heterocycles. The van der Waals surface area contributed by atoms with Crippen LogP contribution < -0.4 is 5.73 Å². The summed E-state index contributed by atoms with van der Waals surface area (Å²) in [6, 6.07) is 8.43. The number of carbonyl (C=O) groups excluding carboxylic acids is 6. The van der Waals surface area contributed by atoms with E-state index < -0.39 is 143 Å². The van der Waals surface area contributed by atoms with E-state index >= 15 is 0 Å². The van der Waals surface area contributed by atoms with Crippen LogP contribution in [0.3, 0.4) is 0 Å². The molecule has 6 N–H and O–H groups in total. The lowest BCUT2D eigenvalue weighted by atomic mass is 9.36. The molecule has 0 radical (unpaired) electrons. The predicted molar refractivity (Wildman–Crippen MR) is 281 cm³/mol. The van der Waals surface area contributed by atoms with Gasteiger partial charge in [0.1, 0.15) is 46.8 Å². The molecule has 1 aromatic carbocycles. The number of aliphatic hydroxyl groups excluding tert-OH is 2. The third kappa shape index (κ3) is 7.06. The molecule has 10 saturated carbocycles. The molecular weight excluding hydrogens is 1030 g/mol. The summed E-state index contributed by atoms with van der Waals surface area (Å²) in [4.78, 5) is 83.4. The second kappa shape index (κ2) is 18.2. The summed E-state index contributed by atoms with van der Waals surface area (Å²) in [6.45, 7) is 16.0. The minimum atomic E-state index is -3.45. The molecule has 18 heteroatoms.